The van der Waals surface area contributed by atoms with Crippen LogP contribution in [0.4, 0.5) is 5.69 Å². The third-order valence-electron chi connectivity index (χ3n) is 3.86. The van der Waals surface area contributed by atoms with E-state index in [1.807, 2.05) is 30.8 Å². The Morgan fingerprint density at radius 2 is 1.86 bits per heavy atom. The van der Waals surface area contributed by atoms with Gasteiger partial charge in [-0.1, -0.05) is 23.7 Å². The quantitative estimate of drug-likeness (QED) is 0.919. The van der Waals surface area contributed by atoms with Crippen LogP contribution in [0, 0.1) is 13.8 Å². The molecule has 0 aliphatic rings. The second kappa shape index (κ2) is 6.50. The summed E-state index contributed by atoms with van der Waals surface area (Å²) in [5, 5.41) is 8.75. The van der Waals surface area contributed by atoms with Gasteiger partial charge in [0.1, 0.15) is 0 Å². The van der Waals surface area contributed by atoms with Crippen LogP contribution in [-0.4, -0.2) is 35.3 Å². The number of halogens is 1. The smallest absolute Gasteiger partial charge is 0.0827 e. The first kappa shape index (κ1) is 15.9. The largest absolute Gasteiger partial charge is 0.380 e. The number of hydrogen-bond donors (Lipinski definition) is 1. The molecule has 1 aromatic carbocycles. The lowest BCUT2D eigenvalue weighted by Gasteiger charge is -2.25. The molecule has 1 atom stereocenters. The topological polar surface area (TPSA) is 33.1 Å². The highest BCUT2D eigenvalue weighted by Gasteiger charge is 2.16. The minimum Gasteiger partial charge on any atom is -0.380 e. The van der Waals surface area contributed by atoms with Gasteiger partial charge < -0.3 is 10.2 Å². The summed E-state index contributed by atoms with van der Waals surface area (Å²) in [5.41, 5.74) is 4.55. The van der Waals surface area contributed by atoms with Crippen molar-refractivity contribution in [1.29, 1.82) is 0 Å². The molecule has 1 unspecified atom stereocenters. The van der Waals surface area contributed by atoms with Crippen LogP contribution in [0.2, 0.25) is 5.02 Å². The molecular weight excluding hydrogens is 284 g/mol. The van der Waals surface area contributed by atoms with Gasteiger partial charge in [-0.2, -0.15) is 5.10 Å². The van der Waals surface area contributed by atoms with E-state index in [2.05, 4.69) is 48.5 Å². The number of nitrogens with zero attached hydrogens (tertiary/aromatic N) is 3. The van der Waals surface area contributed by atoms with Crippen LogP contribution in [-0.2, 0) is 7.05 Å². The Hall–Kier alpha value is -1.52. The number of aromatic nitrogens is 2. The van der Waals surface area contributed by atoms with Gasteiger partial charge in [0.2, 0.25) is 0 Å². The van der Waals surface area contributed by atoms with E-state index in [0.29, 0.717) is 0 Å². The first-order valence-electron chi connectivity index (χ1n) is 7.06. The Labute approximate surface area is 131 Å². The zero-order valence-electron chi connectivity index (χ0n) is 13.3. The summed E-state index contributed by atoms with van der Waals surface area (Å²) in [4.78, 5) is 2.21. The molecule has 2 aromatic rings. The monoisotopic (exact) mass is 306 g/mol. The maximum absolute atomic E-state index is 5.97. The zero-order chi connectivity index (χ0) is 15.6. The summed E-state index contributed by atoms with van der Waals surface area (Å²) < 4.78 is 1.91. The van der Waals surface area contributed by atoms with E-state index in [1.54, 1.807) is 0 Å². The van der Waals surface area contributed by atoms with Gasteiger partial charge in [-0.05, 0) is 45.6 Å². The van der Waals surface area contributed by atoms with Gasteiger partial charge in [0.25, 0.3) is 0 Å². The van der Waals surface area contributed by atoms with Gasteiger partial charge in [0.15, 0.2) is 0 Å². The van der Waals surface area contributed by atoms with Gasteiger partial charge in [-0.15, -0.1) is 0 Å². The van der Waals surface area contributed by atoms with Crippen molar-refractivity contribution in [2.45, 2.75) is 19.9 Å². The molecule has 5 heteroatoms. The minimum atomic E-state index is 0.279. The molecule has 0 aliphatic heterocycles. The maximum Gasteiger partial charge on any atom is 0.0827 e. The second-order valence-electron chi connectivity index (χ2n) is 5.58. The average molecular weight is 307 g/mol. The molecule has 0 aliphatic carbocycles. The Kier molecular flexibility index (Phi) is 4.91. The molecule has 21 heavy (non-hydrogen) atoms. The van der Waals surface area contributed by atoms with E-state index in [9.17, 15) is 0 Å². The van der Waals surface area contributed by atoms with Crippen LogP contribution >= 0.6 is 11.6 Å². The fourth-order valence-corrected chi connectivity index (χ4v) is 2.64. The number of likely N-dealkylation sites (N-methyl/N-ethyl adjacent to an activating group) is 1. The molecule has 0 spiro atoms. The highest BCUT2D eigenvalue weighted by atomic mass is 35.5. The minimum absolute atomic E-state index is 0.279. The van der Waals surface area contributed by atoms with E-state index in [1.165, 1.54) is 5.56 Å². The van der Waals surface area contributed by atoms with E-state index in [4.69, 9.17) is 11.6 Å². The van der Waals surface area contributed by atoms with Crippen molar-refractivity contribution < 1.29 is 0 Å². The number of anilines is 1. The molecule has 0 fully saturated rings. The van der Waals surface area contributed by atoms with Crippen molar-refractivity contribution in [3.05, 3.63) is 46.2 Å². The number of aryl methyl sites for hydroxylation is 2. The lowest BCUT2D eigenvalue weighted by Crippen LogP contribution is -2.27. The van der Waals surface area contributed by atoms with Crippen LogP contribution in [0.25, 0.3) is 0 Å². The van der Waals surface area contributed by atoms with Crippen LogP contribution in [0.15, 0.2) is 24.3 Å². The number of nitrogens with one attached hydrogen (secondary N) is 1. The number of benzene rings is 1. The molecule has 2 rings (SSSR count). The van der Waals surface area contributed by atoms with E-state index in [0.717, 1.165) is 28.6 Å². The number of rotatable bonds is 5. The van der Waals surface area contributed by atoms with Gasteiger partial charge in [0, 0.05) is 18.6 Å². The number of hydrogen-bond acceptors (Lipinski definition) is 3. The molecule has 0 bridgehead atoms. The van der Waals surface area contributed by atoms with Gasteiger partial charge in [-0.25, -0.2) is 0 Å². The first-order valence-corrected chi connectivity index (χ1v) is 7.44. The van der Waals surface area contributed by atoms with Crippen LogP contribution in [0.3, 0.4) is 0 Å². The van der Waals surface area contributed by atoms with Gasteiger partial charge in [-0.3, -0.25) is 4.68 Å². The molecule has 1 aromatic heterocycles. The van der Waals surface area contributed by atoms with Crippen molar-refractivity contribution in [2.24, 2.45) is 7.05 Å². The zero-order valence-corrected chi connectivity index (χ0v) is 14.1. The summed E-state index contributed by atoms with van der Waals surface area (Å²) in [6, 6.07) is 8.32. The second-order valence-corrected chi connectivity index (χ2v) is 6.02. The average Bonchev–Trinajstić information content (AvgIpc) is 2.66. The van der Waals surface area contributed by atoms with Crippen molar-refractivity contribution in [1.82, 2.24) is 14.7 Å². The normalized spacial score (nSPS) is 12.7. The van der Waals surface area contributed by atoms with E-state index < -0.39 is 0 Å². The lowest BCUT2D eigenvalue weighted by atomic mass is 10.1. The molecule has 1 heterocycles. The predicted octanol–water partition coefficient (Wildman–Crippen LogP) is 3.41. The third-order valence-corrected chi connectivity index (χ3v) is 4.11. The predicted molar refractivity (Wildman–Crippen MR) is 89.1 cm³/mol. The third kappa shape index (κ3) is 3.57. The Balaban J connectivity index is 2.16. The summed E-state index contributed by atoms with van der Waals surface area (Å²) >= 11 is 5.97. The Bertz CT molecular complexity index is 601. The summed E-state index contributed by atoms with van der Waals surface area (Å²) in [6.45, 7) is 4.93. The van der Waals surface area contributed by atoms with Crippen LogP contribution in [0.5, 0.6) is 0 Å². The van der Waals surface area contributed by atoms with Gasteiger partial charge in [0.05, 0.1) is 23.1 Å². The molecule has 114 valence electrons. The maximum atomic E-state index is 5.97. The van der Waals surface area contributed by atoms with Crippen LogP contribution in [0.1, 0.15) is 23.0 Å². The van der Waals surface area contributed by atoms with E-state index >= 15 is 0 Å². The molecule has 0 saturated heterocycles. The SMILES string of the molecule is Cc1nn(C)c(C)c1NCC(c1ccc(Cl)cc1)N(C)C. The first-order chi connectivity index (χ1) is 9.90. The summed E-state index contributed by atoms with van der Waals surface area (Å²) in [7, 11) is 6.14. The highest BCUT2D eigenvalue weighted by molar-refractivity contribution is 6.30. The lowest BCUT2D eigenvalue weighted by molar-refractivity contribution is 0.312. The van der Waals surface area contributed by atoms with Crippen molar-refractivity contribution >= 4 is 17.3 Å². The van der Waals surface area contributed by atoms with Crippen molar-refractivity contribution in [3.63, 3.8) is 0 Å². The highest BCUT2D eigenvalue weighted by Crippen LogP contribution is 2.23. The van der Waals surface area contributed by atoms with Gasteiger partial charge >= 0.3 is 0 Å². The van der Waals surface area contributed by atoms with Crippen LogP contribution < -0.4 is 5.32 Å². The molecule has 0 saturated carbocycles. The molecule has 1 N–H and O–H groups in total. The Morgan fingerprint density at radius 1 is 1.24 bits per heavy atom. The summed E-state index contributed by atoms with van der Waals surface area (Å²) in [5.74, 6) is 0. The molecule has 0 amide bonds. The fraction of sp³-hybridized carbons (Fsp3) is 0.438. The molecule has 0 radical (unpaired) electrons. The van der Waals surface area contributed by atoms with E-state index in [-0.39, 0.29) is 6.04 Å². The summed E-state index contributed by atoms with van der Waals surface area (Å²) in [6.07, 6.45) is 0. The fourth-order valence-electron chi connectivity index (χ4n) is 2.51. The molecule has 4 nitrogen and oxygen atoms in total. The standard InChI is InChI=1S/C16H23ClN4/c1-11-16(12(2)21(5)19-11)18-10-15(20(3)4)13-6-8-14(17)9-7-13/h6-9,15,18H,10H2,1-5H3. The molecular formula is C16H23ClN4. The van der Waals surface area contributed by atoms with Crippen molar-refractivity contribution in [2.75, 3.05) is 26.0 Å². The Morgan fingerprint density at radius 3 is 2.33 bits per heavy atom. The van der Waals surface area contributed by atoms with Crippen molar-refractivity contribution in [3.8, 4) is 0 Å².